The lowest BCUT2D eigenvalue weighted by Crippen LogP contribution is -2.13. The van der Waals surface area contributed by atoms with Crippen molar-refractivity contribution in [1.29, 1.82) is 0 Å². The highest BCUT2D eigenvalue weighted by Gasteiger charge is 2.18. The van der Waals surface area contributed by atoms with E-state index < -0.39 is 0 Å². The van der Waals surface area contributed by atoms with Crippen molar-refractivity contribution in [2.75, 3.05) is 18.5 Å². The molecule has 3 rings (SSSR count). The molecule has 21 heavy (non-hydrogen) atoms. The van der Waals surface area contributed by atoms with Gasteiger partial charge in [-0.2, -0.15) is 15.0 Å². The zero-order valence-corrected chi connectivity index (χ0v) is 12.5. The van der Waals surface area contributed by atoms with Crippen LogP contribution in [0.5, 0.6) is 6.01 Å². The molecule has 2 aromatic rings. The average Bonchev–Trinajstić information content (AvgIpc) is 2.92. The minimum absolute atomic E-state index is 0.344. The zero-order chi connectivity index (χ0) is 14.7. The second kappa shape index (κ2) is 6.07. The first-order valence-electron chi connectivity index (χ1n) is 7.50. The van der Waals surface area contributed by atoms with E-state index in [1.54, 1.807) is 6.33 Å². The molecule has 0 aromatic carbocycles. The summed E-state index contributed by atoms with van der Waals surface area (Å²) < 4.78 is 7.40. The van der Waals surface area contributed by atoms with Crippen molar-refractivity contribution >= 4 is 5.95 Å². The summed E-state index contributed by atoms with van der Waals surface area (Å²) >= 11 is 0. The molecule has 0 aliphatic heterocycles. The molecule has 0 radical (unpaired) electrons. The number of imidazole rings is 1. The molecule has 2 aromatic heterocycles. The van der Waals surface area contributed by atoms with Crippen LogP contribution in [0.3, 0.4) is 0 Å². The van der Waals surface area contributed by atoms with E-state index in [2.05, 4.69) is 25.3 Å². The fourth-order valence-corrected chi connectivity index (χ4v) is 2.53. The molecule has 7 nitrogen and oxygen atoms in total. The molecule has 0 fully saturated rings. The number of anilines is 1. The summed E-state index contributed by atoms with van der Waals surface area (Å²) in [7, 11) is 0. The van der Waals surface area contributed by atoms with Crippen molar-refractivity contribution in [3.05, 3.63) is 17.7 Å². The number of aryl methyl sites for hydroxylation is 1. The van der Waals surface area contributed by atoms with E-state index in [1.807, 2.05) is 18.4 Å². The first kappa shape index (κ1) is 13.8. The lowest BCUT2D eigenvalue weighted by molar-refractivity contribution is 0.311. The van der Waals surface area contributed by atoms with E-state index >= 15 is 0 Å². The van der Waals surface area contributed by atoms with Crippen LogP contribution in [0.15, 0.2) is 6.33 Å². The van der Waals surface area contributed by atoms with E-state index in [-0.39, 0.29) is 0 Å². The number of aromatic nitrogens is 5. The van der Waals surface area contributed by atoms with Crippen molar-refractivity contribution in [1.82, 2.24) is 24.5 Å². The topological polar surface area (TPSA) is 77.8 Å². The van der Waals surface area contributed by atoms with Crippen LogP contribution in [0.1, 0.15) is 38.1 Å². The Balaban J connectivity index is 2.02. The maximum atomic E-state index is 5.44. The van der Waals surface area contributed by atoms with Gasteiger partial charge in [-0.3, -0.25) is 4.57 Å². The van der Waals surface area contributed by atoms with Crippen LogP contribution < -0.4 is 10.1 Å². The van der Waals surface area contributed by atoms with Crippen LogP contribution in [0.4, 0.5) is 5.95 Å². The highest BCUT2D eigenvalue weighted by Crippen LogP contribution is 2.22. The average molecular weight is 288 g/mol. The van der Waals surface area contributed by atoms with E-state index in [9.17, 15) is 0 Å². The second-order valence-electron chi connectivity index (χ2n) is 4.92. The fourth-order valence-electron chi connectivity index (χ4n) is 2.53. The van der Waals surface area contributed by atoms with Gasteiger partial charge >= 0.3 is 6.01 Å². The standard InChI is InChI=1S/C14H20N6O/c1-3-15-12-17-13(19-14(18-12)21-4-2)20-9-16-10-7-5-6-8-11(10)20/h9H,3-8H2,1-2H3,(H,15,17,18,19). The third-order valence-corrected chi connectivity index (χ3v) is 3.46. The van der Waals surface area contributed by atoms with Gasteiger partial charge in [0.25, 0.3) is 0 Å². The Morgan fingerprint density at radius 3 is 2.86 bits per heavy atom. The molecule has 1 aliphatic carbocycles. The van der Waals surface area contributed by atoms with Crippen LogP contribution in [0.2, 0.25) is 0 Å². The zero-order valence-electron chi connectivity index (χ0n) is 12.5. The lowest BCUT2D eigenvalue weighted by Gasteiger charge is -2.14. The largest absolute Gasteiger partial charge is 0.464 e. The Kier molecular flexibility index (Phi) is 3.98. The molecule has 0 saturated carbocycles. The maximum absolute atomic E-state index is 5.44. The van der Waals surface area contributed by atoms with Crippen molar-refractivity contribution < 1.29 is 4.74 Å². The molecular formula is C14H20N6O. The predicted molar refractivity (Wildman–Crippen MR) is 78.9 cm³/mol. The summed E-state index contributed by atoms with van der Waals surface area (Å²) in [5.41, 5.74) is 2.36. The fraction of sp³-hybridized carbons (Fsp3) is 0.571. The molecule has 0 spiro atoms. The van der Waals surface area contributed by atoms with E-state index in [4.69, 9.17) is 4.74 Å². The number of ether oxygens (including phenoxy) is 1. The van der Waals surface area contributed by atoms with Gasteiger partial charge in [0.05, 0.1) is 12.3 Å². The summed E-state index contributed by atoms with van der Waals surface area (Å²) in [6.07, 6.45) is 6.24. The Labute approximate surface area is 123 Å². The number of nitrogens with one attached hydrogen (secondary N) is 1. The smallest absolute Gasteiger partial charge is 0.323 e. The van der Waals surface area contributed by atoms with E-state index in [0.29, 0.717) is 24.5 Å². The molecule has 1 N–H and O–H groups in total. The first-order chi connectivity index (χ1) is 10.3. The van der Waals surface area contributed by atoms with Gasteiger partial charge in [-0.1, -0.05) is 0 Å². The van der Waals surface area contributed by atoms with Gasteiger partial charge in [0, 0.05) is 12.2 Å². The number of hydrogen-bond acceptors (Lipinski definition) is 6. The van der Waals surface area contributed by atoms with Crippen LogP contribution in [0, 0.1) is 0 Å². The molecule has 0 saturated heterocycles. The van der Waals surface area contributed by atoms with Gasteiger partial charge in [-0.15, -0.1) is 0 Å². The molecule has 0 amide bonds. The maximum Gasteiger partial charge on any atom is 0.323 e. The third-order valence-electron chi connectivity index (χ3n) is 3.46. The number of nitrogens with zero attached hydrogens (tertiary/aromatic N) is 5. The molecule has 0 unspecified atom stereocenters. The molecule has 1 aliphatic rings. The summed E-state index contributed by atoms with van der Waals surface area (Å²) in [4.78, 5) is 17.6. The predicted octanol–water partition coefficient (Wildman–Crippen LogP) is 1.77. The number of rotatable bonds is 5. The molecule has 0 bridgehead atoms. The Bertz CT molecular complexity index is 600. The Morgan fingerprint density at radius 2 is 2.05 bits per heavy atom. The number of fused-ring (bicyclic) bond motifs is 1. The molecular weight excluding hydrogens is 268 g/mol. The van der Waals surface area contributed by atoms with Gasteiger partial charge in [0.2, 0.25) is 11.9 Å². The van der Waals surface area contributed by atoms with Crippen molar-refractivity contribution in [3.8, 4) is 12.0 Å². The molecule has 2 heterocycles. The first-order valence-corrected chi connectivity index (χ1v) is 7.50. The van der Waals surface area contributed by atoms with Crippen molar-refractivity contribution in [2.24, 2.45) is 0 Å². The van der Waals surface area contributed by atoms with E-state index in [1.165, 1.54) is 18.5 Å². The SMILES string of the molecule is CCNc1nc(OCC)nc(-n2cnc3c2CCCC3)n1. The number of hydrogen-bond donors (Lipinski definition) is 1. The van der Waals surface area contributed by atoms with E-state index in [0.717, 1.165) is 25.1 Å². The van der Waals surface area contributed by atoms with Crippen LogP contribution >= 0.6 is 0 Å². The van der Waals surface area contributed by atoms with Gasteiger partial charge in [-0.05, 0) is 39.5 Å². The van der Waals surface area contributed by atoms with Crippen LogP contribution in [0.25, 0.3) is 5.95 Å². The lowest BCUT2D eigenvalue weighted by atomic mass is 10.0. The normalized spacial score (nSPS) is 13.8. The van der Waals surface area contributed by atoms with Crippen molar-refractivity contribution in [3.63, 3.8) is 0 Å². The minimum atomic E-state index is 0.344. The minimum Gasteiger partial charge on any atom is -0.464 e. The van der Waals surface area contributed by atoms with Gasteiger partial charge in [-0.25, -0.2) is 4.98 Å². The molecule has 7 heteroatoms. The quantitative estimate of drug-likeness (QED) is 0.903. The van der Waals surface area contributed by atoms with Crippen molar-refractivity contribution in [2.45, 2.75) is 39.5 Å². The summed E-state index contributed by atoms with van der Waals surface area (Å²) in [5.74, 6) is 1.10. The monoisotopic (exact) mass is 288 g/mol. The van der Waals surface area contributed by atoms with Crippen LogP contribution in [-0.2, 0) is 12.8 Å². The van der Waals surface area contributed by atoms with Gasteiger partial charge in [0.15, 0.2) is 0 Å². The Hall–Kier alpha value is -2.18. The van der Waals surface area contributed by atoms with Gasteiger partial charge < -0.3 is 10.1 Å². The van der Waals surface area contributed by atoms with Crippen LogP contribution in [-0.4, -0.2) is 37.7 Å². The summed E-state index contributed by atoms with van der Waals surface area (Å²) in [5, 5.41) is 3.11. The summed E-state index contributed by atoms with van der Waals surface area (Å²) in [6, 6.07) is 0.344. The summed E-state index contributed by atoms with van der Waals surface area (Å²) in [6.45, 7) is 5.19. The highest BCUT2D eigenvalue weighted by atomic mass is 16.5. The molecule has 112 valence electrons. The van der Waals surface area contributed by atoms with Gasteiger partial charge in [0.1, 0.15) is 6.33 Å². The Morgan fingerprint density at radius 1 is 1.19 bits per heavy atom. The molecule has 0 atom stereocenters. The third kappa shape index (κ3) is 2.81. The highest BCUT2D eigenvalue weighted by molar-refractivity contribution is 5.33. The second-order valence-corrected chi connectivity index (χ2v) is 4.92.